The molecule has 3 aromatic rings. The first kappa shape index (κ1) is 18.1. The number of ketones is 1. The fourth-order valence-corrected chi connectivity index (χ4v) is 3.84. The Balaban J connectivity index is 1.63. The molecule has 3 heterocycles. The summed E-state index contributed by atoms with van der Waals surface area (Å²) >= 11 is 5.89. The largest absolute Gasteiger partial charge is 0.347 e. The van der Waals surface area contributed by atoms with Crippen molar-refractivity contribution in [2.24, 2.45) is 0 Å². The average Bonchev–Trinajstić information content (AvgIpc) is 3.29. The lowest BCUT2D eigenvalue weighted by molar-refractivity contribution is 0.103. The van der Waals surface area contributed by atoms with Gasteiger partial charge in [-0.05, 0) is 57.1 Å². The van der Waals surface area contributed by atoms with Crippen LogP contribution in [0.2, 0.25) is 5.15 Å². The second kappa shape index (κ2) is 7.74. The van der Waals surface area contributed by atoms with Gasteiger partial charge in [-0.3, -0.25) is 4.79 Å². The molecule has 0 bridgehead atoms. The topological polar surface area (TPSA) is 51.0 Å². The van der Waals surface area contributed by atoms with E-state index >= 15 is 0 Å². The van der Waals surface area contributed by atoms with Crippen molar-refractivity contribution in [1.29, 1.82) is 0 Å². The summed E-state index contributed by atoms with van der Waals surface area (Å²) in [7, 11) is 0. The van der Waals surface area contributed by atoms with E-state index in [2.05, 4.69) is 14.9 Å². The van der Waals surface area contributed by atoms with Crippen LogP contribution < -0.4 is 0 Å². The molecule has 0 aliphatic carbocycles. The summed E-state index contributed by atoms with van der Waals surface area (Å²) in [4.78, 5) is 23.2. The van der Waals surface area contributed by atoms with Crippen LogP contribution in [0.5, 0.6) is 0 Å². The zero-order valence-electron chi connectivity index (χ0n) is 14.9. The van der Waals surface area contributed by atoms with Crippen molar-refractivity contribution in [2.45, 2.75) is 25.8 Å². The Morgan fingerprint density at radius 2 is 1.96 bits per heavy atom. The maximum absolute atomic E-state index is 13.8. The SMILES string of the molecule is O=C(c1cc(Cl)ncn1)c1cn(CCCN2CCCC2)c2cc(F)ccc12. The number of hydrogen-bond acceptors (Lipinski definition) is 4. The van der Waals surface area contributed by atoms with E-state index in [4.69, 9.17) is 11.6 Å². The molecule has 0 amide bonds. The van der Waals surface area contributed by atoms with Crippen LogP contribution in [0.15, 0.2) is 36.8 Å². The number of rotatable bonds is 6. The maximum atomic E-state index is 13.8. The first-order valence-electron chi connectivity index (χ1n) is 9.15. The lowest BCUT2D eigenvalue weighted by Crippen LogP contribution is -2.21. The number of likely N-dealkylation sites (tertiary alicyclic amines) is 1. The Hall–Kier alpha value is -2.31. The van der Waals surface area contributed by atoms with Crippen molar-refractivity contribution < 1.29 is 9.18 Å². The van der Waals surface area contributed by atoms with Crippen molar-refractivity contribution in [2.75, 3.05) is 19.6 Å². The summed E-state index contributed by atoms with van der Waals surface area (Å²) < 4.78 is 15.8. The Kier molecular flexibility index (Phi) is 5.18. The smallest absolute Gasteiger partial charge is 0.213 e. The summed E-state index contributed by atoms with van der Waals surface area (Å²) in [5.41, 5.74) is 1.45. The van der Waals surface area contributed by atoms with Crippen molar-refractivity contribution in [3.8, 4) is 0 Å². The van der Waals surface area contributed by atoms with Crippen molar-refractivity contribution in [3.05, 3.63) is 59.0 Å². The second-order valence-corrected chi connectivity index (χ2v) is 7.24. The molecule has 1 fully saturated rings. The Morgan fingerprint density at radius 3 is 2.74 bits per heavy atom. The Labute approximate surface area is 161 Å². The summed E-state index contributed by atoms with van der Waals surface area (Å²) in [5, 5.41) is 0.936. The first-order chi connectivity index (χ1) is 13.1. The van der Waals surface area contributed by atoms with Gasteiger partial charge in [0.2, 0.25) is 5.78 Å². The summed E-state index contributed by atoms with van der Waals surface area (Å²) in [6.45, 7) is 4.05. The van der Waals surface area contributed by atoms with Crippen LogP contribution in [0.1, 0.15) is 35.3 Å². The Bertz CT molecular complexity index is 981. The lowest BCUT2D eigenvalue weighted by atomic mass is 10.1. The number of nitrogens with zero attached hydrogens (tertiary/aromatic N) is 4. The molecule has 1 aliphatic rings. The molecule has 4 rings (SSSR count). The van der Waals surface area contributed by atoms with Gasteiger partial charge in [0.15, 0.2) is 0 Å². The van der Waals surface area contributed by atoms with Gasteiger partial charge in [-0.1, -0.05) is 11.6 Å². The quantitative estimate of drug-likeness (QED) is 0.475. The molecule has 1 aliphatic heterocycles. The predicted octanol–water partition coefficient (Wildman–Crippen LogP) is 3.94. The number of benzene rings is 1. The molecule has 140 valence electrons. The van der Waals surface area contributed by atoms with Gasteiger partial charge in [0.1, 0.15) is 23.0 Å². The molecule has 1 saturated heterocycles. The molecular formula is C20H20ClFN4O. The molecule has 0 spiro atoms. The molecule has 5 nitrogen and oxygen atoms in total. The molecule has 0 N–H and O–H groups in total. The summed E-state index contributed by atoms with van der Waals surface area (Å²) in [5.74, 6) is -0.556. The van der Waals surface area contributed by atoms with Crippen LogP contribution in [0, 0.1) is 5.82 Å². The van der Waals surface area contributed by atoms with E-state index in [1.165, 1.54) is 37.4 Å². The normalized spacial score (nSPS) is 14.9. The minimum absolute atomic E-state index is 0.216. The first-order valence-corrected chi connectivity index (χ1v) is 9.52. The second-order valence-electron chi connectivity index (χ2n) is 6.86. The zero-order valence-corrected chi connectivity index (χ0v) is 15.6. The van der Waals surface area contributed by atoms with E-state index in [1.807, 2.05) is 4.57 Å². The molecule has 0 saturated carbocycles. The number of fused-ring (bicyclic) bond motifs is 1. The molecule has 0 atom stereocenters. The van der Waals surface area contributed by atoms with Gasteiger partial charge >= 0.3 is 0 Å². The van der Waals surface area contributed by atoms with Gasteiger partial charge in [0.25, 0.3) is 0 Å². The van der Waals surface area contributed by atoms with Crippen molar-refractivity contribution >= 4 is 28.3 Å². The minimum Gasteiger partial charge on any atom is -0.347 e. The number of hydrogen-bond donors (Lipinski definition) is 0. The van der Waals surface area contributed by atoms with Crippen LogP contribution in [0.25, 0.3) is 10.9 Å². The van der Waals surface area contributed by atoms with E-state index < -0.39 is 0 Å². The summed E-state index contributed by atoms with van der Waals surface area (Å²) in [6.07, 6.45) is 6.54. The third-order valence-corrected chi connectivity index (χ3v) is 5.23. The molecule has 2 aromatic heterocycles. The molecule has 1 aromatic carbocycles. The highest BCUT2D eigenvalue weighted by Gasteiger charge is 2.19. The highest BCUT2D eigenvalue weighted by Crippen LogP contribution is 2.25. The molecule has 0 unspecified atom stereocenters. The molecule has 27 heavy (non-hydrogen) atoms. The van der Waals surface area contributed by atoms with E-state index in [-0.39, 0.29) is 22.4 Å². The van der Waals surface area contributed by atoms with Crippen LogP contribution in [-0.2, 0) is 6.54 Å². The van der Waals surface area contributed by atoms with Crippen LogP contribution in [0.3, 0.4) is 0 Å². The van der Waals surface area contributed by atoms with Crippen molar-refractivity contribution in [1.82, 2.24) is 19.4 Å². The number of carbonyl (C=O) groups is 1. The number of halogens is 2. The van der Waals surface area contributed by atoms with Gasteiger partial charge in [-0.25, -0.2) is 14.4 Å². The predicted molar refractivity (Wildman–Crippen MR) is 103 cm³/mol. The fraction of sp³-hybridized carbons (Fsp3) is 0.350. The Morgan fingerprint density at radius 1 is 1.15 bits per heavy atom. The molecular weight excluding hydrogens is 367 g/mol. The summed E-state index contributed by atoms with van der Waals surface area (Å²) in [6, 6.07) is 5.96. The van der Waals surface area contributed by atoms with Crippen molar-refractivity contribution in [3.63, 3.8) is 0 Å². The van der Waals surface area contributed by atoms with Gasteiger partial charge in [-0.2, -0.15) is 0 Å². The lowest BCUT2D eigenvalue weighted by Gasteiger charge is -2.14. The van der Waals surface area contributed by atoms with E-state index in [0.717, 1.165) is 43.5 Å². The average molecular weight is 387 g/mol. The van der Waals surface area contributed by atoms with Crippen LogP contribution in [-0.4, -0.2) is 44.9 Å². The van der Waals surface area contributed by atoms with E-state index in [1.54, 1.807) is 12.3 Å². The standard InChI is InChI=1S/C20H20ClFN4O/c21-19-11-17(23-13-24-19)20(27)16-12-26(9-3-8-25-6-1-2-7-25)18-10-14(22)4-5-15(16)18/h4-5,10-13H,1-3,6-9H2. The zero-order chi connectivity index (χ0) is 18.8. The molecule has 7 heteroatoms. The van der Waals surface area contributed by atoms with Gasteiger partial charge in [-0.15, -0.1) is 0 Å². The third kappa shape index (κ3) is 3.87. The van der Waals surface area contributed by atoms with Crippen LogP contribution >= 0.6 is 11.6 Å². The minimum atomic E-state index is -0.314. The monoisotopic (exact) mass is 386 g/mol. The third-order valence-electron chi connectivity index (χ3n) is 5.03. The van der Waals surface area contributed by atoms with Crippen LogP contribution in [0.4, 0.5) is 4.39 Å². The number of aryl methyl sites for hydroxylation is 1. The van der Waals surface area contributed by atoms with Gasteiger partial charge in [0, 0.05) is 29.8 Å². The highest BCUT2D eigenvalue weighted by molar-refractivity contribution is 6.30. The number of carbonyl (C=O) groups excluding carboxylic acids is 1. The van der Waals surface area contributed by atoms with Gasteiger partial charge < -0.3 is 9.47 Å². The van der Waals surface area contributed by atoms with E-state index in [0.29, 0.717) is 5.56 Å². The maximum Gasteiger partial charge on any atom is 0.213 e. The highest BCUT2D eigenvalue weighted by atomic mass is 35.5. The van der Waals surface area contributed by atoms with Gasteiger partial charge in [0.05, 0.1) is 5.52 Å². The number of aromatic nitrogens is 3. The molecule has 0 radical (unpaired) electrons. The van der Waals surface area contributed by atoms with E-state index in [9.17, 15) is 9.18 Å². The fourth-order valence-electron chi connectivity index (χ4n) is 3.70.